The minimum atomic E-state index is -4.74. The molecule has 1 atom stereocenters. The van der Waals surface area contributed by atoms with Gasteiger partial charge < -0.3 is 9.84 Å². The number of hydrogen-bond acceptors (Lipinski definition) is 4. The lowest BCUT2D eigenvalue weighted by molar-refractivity contribution is -0.274. The van der Waals surface area contributed by atoms with Gasteiger partial charge in [0.2, 0.25) is 0 Å². The first kappa shape index (κ1) is 12.8. The summed E-state index contributed by atoms with van der Waals surface area (Å²) >= 11 is 1.22. The fraction of sp³-hybridized carbons (Fsp3) is 0.182. The molecule has 0 radical (unpaired) electrons. The lowest BCUT2D eigenvalue weighted by Gasteiger charge is -2.12. The zero-order valence-electron chi connectivity index (χ0n) is 8.89. The maximum atomic E-state index is 12.1. The third kappa shape index (κ3) is 3.21. The Hall–Kier alpha value is -1.60. The summed E-state index contributed by atoms with van der Waals surface area (Å²) in [4.78, 5) is 4.35. The molecule has 7 heteroatoms. The maximum Gasteiger partial charge on any atom is 0.573 e. The molecule has 0 amide bonds. The van der Waals surface area contributed by atoms with Crippen molar-refractivity contribution in [1.29, 1.82) is 0 Å². The van der Waals surface area contributed by atoms with Crippen LogP contribution in [-0.4, -0.2) is 16.5 Å². The number of aliphatic hydroxyl groups excluding tert-OH is 1. The van der Waals surface area contributed by atoms with Gasteiger partial charge in [-0.1, -0.05) is 12.1 Å². The summed E-state index contributed by atoms with van der Waals surface area (Å²) in [6.07, 6.45) is -4.28. The highest BCUT2D eigenvalue weighted by Crippen LogP contribution is 2.29. The molecular formula is C11H8F3NO2S. The van der Waals surface area contributed by atoms with Gasteiger partial charge >= 0.3 is 6.36 Å². The van der Waals surface area contributed by atoms with Crippen LogP contribution in [0.3, 0.4) is 0 Å². The van der Waals surface area contributed by atoms with Crippen molar-refractivity contribution in [1.82, 2.24) is 4.98 Å². The number of nitrogens with zero attached hydrogens (tertiary/aromatic N) is 1. The van der Waals surface area contributed by atoms with Crippen molar-refractivity contribution < 1.29 is 23.0 Å². The summed E-state index contributed by atoms with van der Waals surface area (Å²) in [6, 6.07) is 5.24. The van der Waals surface area contributed by atoms with Gasteiger partial charge in [0, 0.05) is 6.20 Å². The Morgan fingerprint density at radius 2 is 2.11 bits per heavy atom. The summed E-state index contributed by atoms with van der Waals surface area (Å²) < 4.78 is 40.0. The van der Waals surface area contributed by atoms with Crippen molar-refractivity contribution in [2.75, 3.05) is 0 Å². The van der Waals surface area contributed by atoms with Gasteiger partial charge in [-0.05, 0) is 17.7 Å². The highest BCUT2D eigenvalue weighted by atomic mass is 32.1. The quantitative estimate of drug-likeness (QED) is 0.935. The molecule has 18 heavy (non-hydrogen) atoms. The van der Waals surface area contributed by atoms with E-state index in [0.29, 0.717) is 10.4 Å². The summed E-state index contributed by atoms with van der Waals surface area (Å²) in [7, 11) is 0. The molecule has 1 unspecified atom stereocenters. The third-order valence-corrected chi connectivity index (χ3v) is 2.96. The number of hydrogen-bond donors (Lipinski definition) is 1. The van der Waals surface area contributed by atoms with E-state index < -0.39 is 12.5 Å². The van der Waals surface area contributed by atoms with Crippen molar-refractivity contribution in [2.45, 2.75) is 12.5 Å². The number of aliphatic hydroxyl groups is 1. The second kappa shape index (κ2) is 4.95. The maximum absolute atomic E-state index is 12.1. The molecule has 0 aliphatic carbocycles. The third-order valence-electron chi connectivity index (χ3n) is 2.13. The van der Waals surface area contributed by atoms with Crippen LogP contribution in [0.4, 0.5) is 13.2 Å². The van der Waals surface area contributed by atoms with Crippen LogP contribution < -0.4 is 4.74 Å². The number of benzene rings is 1. The fourth-order valence-corrected chi connectivity index (χ4v) is 2.04. The highest BCUT2D eigenvalue weighted by molar-refractivity contribution is 7.09. The van der Waals surface area contributed by atoms with Crippen LogP contribution in [0.5, 0.6) is 5.75 Å². The van der Waals surface area contributed by atoms with Crippen LogP contribution in [0.1, 0.15) is 16.5 Å². The van der Waals surface area contributed by atoms with Gasteiger partial charge in [-0.15, -0.1) is 24.5 Å². The predicted molar refractivity (Wildman–Crippen MR) is 59.3 cm³/mol. The van der Waals surface area contributed by atoms with Crippen molar-refractivity contribution in [3.63, 3.8) is 0 Å². The molecular weight excluding hydrogens is 267 g/mol. The van der Waals surface area contributed by atoms with E-state index in [0.717, 1.165) is 6.07 Å². The number of alkyl halides is 3. The van der Waals surface area contributed by atoms with E-state index in [1.807, 2.05) is 0 Å². The standard InChI is InChI=1S/C11H8F3NO2S/c12-11(13,14)17-8-3-1-2-7(4-8)10(16)9-5-15-6-18-9/h1-6,10,16H. The Kier molecular flexibility index (Phi) is 3.53. The molecule has 0 fully saturated rings. The summed E-state index contributed by atoms with van der Waals surface area (Å²) in [6.45, 7) is 0. The van der Waals surface area contributed by atoms with E-state index in [1.54, 1.807) is 0 Å². The minimum absolute atomic E-state index is 0.320. The van der Waals surface area contributed by atoms with E-state index in [1.165, 1.54) is 41.2 Å². The smallest absolute Gasteiger partial charge is 0.406 e. The number of thiazole rings is 1. The molecule has 0 spiro atoms. The van der Waals surface area contributed by atoms with Gasteiger partial charge in [-0.2, -0.15) is 0 Å². The fourth-order valence-electron chi connectivity index (χ4n) is 1.41. The Labute approximate surface area is 104 Å². The first-order chi connectivity index (χ1) is 8.46. The molecule has 2 aromatic rings. The van der Waals surface area contributed by atoms with Crippen LogP contribution >= 0.6 is 11.3 Å². The van der Waals surface area contributed by atoms with Crippen LogP contribution in [0.15, 0.2) is 36.0 Å². The van der Waals surface area contributed by atoms with Gasteiger partial charge in [-0.25, -0.2) is 0 Å². The summed E-state index contributed by atoms with van der Waals surface area (Å²) in [5, 5.41) is 9.94. The summed E-state index contributed by atoms with van der Waals surface area (Å²) in [5.41, 5.74) is 1.86. The second-order valence-electron chi connectivity index (χ2n) is 3.43. The van der Waals surface area contributed by atoms with Gasteiger partial charge in [-0.3, -0.25) is 4.98 Å². The number of ether oxygens (including phenoxy) is 1. The first-order valence-corrected chi connectivity index (χ1v) is 5.76. The molecule has 3 nitrogen and oxygen atoms in total. The molecule has 2 rings (SSSR count). The van der Waals surface area contributed by atoms with Crippen LogP contribution in [0, 0.1) is 0 Å². The molecule has 0 bridgehead atoms. The lowest BCUT2D eigenvalue weighted by Crippen LogP contribution is -2.17. The number of aromatic nitrogens is 1. The average Bonchev–Trinajstić information content (AvgIpc) is 2.79. The zero-order chi connectivity index (χ0) is 13.2. The van der Waals surface area contributed by atoms with Crippen molar-refractivity contribution >= 4 is 11.3 Å². The monoisotopic (exact) mass is 275 g/mol. The van der Waals surface area contributed by atoms with E-state index in [-0.39, 0.29) is 5.75 Å². The van der Waals surface area contributed by atoms with E-state index in [9.17, 15) is 18.3 Å². The minimum Gasteiger partial charge on any atom is -0.406 e. The van der Waals surface area contributed by atoms with Crippen molar-refractivity contribution in [3.8, 4) is 5.75 Å². The molecule has 1 aromatic heterocycles. The van der Waals surface area contributed by atoms with E-state index >= 15 is 0 Å². The van der Waals surface area contributed by atoms with Crippen LogP contribution in [0.25, 0.3) is 0 Å². The molecule has 0 aliphatic rings. The van der Waals surface area contributed by atoms with Gasteiger partial charge in [0.1, 0.15) is 11.9 Å². The van der Waals surface area contributed by atoms with E-state index in [4.69, 9.17) is 0 Å². The van der Waals surface area contributed by atoms with Crippen LogP contribution in [-0.2, 0) is 0 Å². The lowest BCUT2D eigenvalue weighted by atomic mass is 10.1. The van der Waals surface area contributed by atoms with Gasteiger partial charge in [0.25, 0.3) is 0 Å². The van der Waals surface area contributed by atoms with Gasteiger partial charge in [0.15, 0.2) is 0 Å². The summed E-state index contributed by atoms with van der Waals surface area (Å²) in [5.74, 6) is -0.358. The van der Waals surface area contributed by atoms with Gasteiger partial charge in [0.05, 0.1) is 10.4 Å². The molecule has 0 saturated carbocycles. The second-order valence-corrected chi connectivity index (χ2v) is 4.34. The Morgan fingerprint density at radius 3 is 2.72 bits per heavy atom. The number of halogens is 3. The average molecular weight is 275 g/mol. The SMILES string of the molecule is OC(c1cccc(OC(F)(F)F)c1)c1cncs1. The highest BCUT2D eigenvalue weighted by Gasteiger charge is 2.31. The van der Waals surface area contributed by atoms with E-state index in [2.05, 4.69) is 9.72 Å². The topological polar surface area (TPSA) is 42.4 Å². The zero-order valence-corrected chi connectivity index (χ0v) is 9.70. The molecule has 0 aliphatic heterocycles. The molecule has 0 saturated heterocycles. The van der Waals surface area contributed by atoms with Crippen molar-refractivity contribution in [3.05, 3.63) is 46.4 Å². The Morgan fingerprint density at radius 1 is 1.33 bits per heavy atom. The molecule has 1 heterocycles. The molecule has 1 N–H and O–H groups in total. The Bertz CT molecular complexity index is 513. The Balaban J connectivity index is 2.22. The van der Waals surface area contributed by atoms with Crippen LogP contribution in [0.2, 0.25) is 0 Å². The largest absolute Gasteiger partial charge is 0.573 e. The predicted octanol–water partition coefficient (Wildman–Crippen LogP) is 3.12. The molecule has 1 aromatic carbocycles. The van der Waals surface area contributed by atoms with Crippen molar-refractivity contribution in [2.24, 2.45) is 0 Å². The number of rotatable bonds is 3. The first-order valence-electron chi connectivity index (χ1n) is 4.88. The molecule has 96 valence electrons. The normalized spacial score (nSPS) is 13.3.